The molecular formula is C77H41F2N5O2. The third-order valence-electron chi connectivity index (χ3n) is 18.1. The number of para-hydroxylation sites is 7. The van der Waals surface area contributed by atoms with Crippen molar-refractivity contribution in [2.24, 2.45) is 0 Å². The summed E-state index contributed by atoms with van der Waals surface area (Å²) < 4.78 is 47.7. The van der Waals surface area contributed by atoms with Crippen LogP contribution in [0.4, 0.5) is 48.6 Å². The monoisotopic (exact) mass is 1110 g/mol. The van der Waals surface area contributed by atoms with Crippen LogP contribution in [0.1, 0.15) is 27.8 Å². The Labute approximate surface area is 489 Å². The number of rotatable bonds is 6. The van der Waals surface area contributed by atoms with E-state index in [1.165, 1.54) is 12.1 Å². The fourth-order valence-corrected chi connectivity index (χ4v) is 14.7. The SMILES string of the molecule is [C-]#[N+]c1ccc(N(c2cc3c(c4ccccc24)-c2c(cc(N(c4ccc(C#N)cc4)c4cccc5c4oc4c(F)cccc45)c4ccccc24)C32c3ccccc3-n3c4ccccc4c4cccc2c43)c2cccc3c2oc2c(F)cccc23)cc1. The number of anilines is 6. The summed E-state index contributed by atoms with van der Waals surface area (Å²) in [6, 6.07) is 85.8. The Morgan fingerprint density at radius 3 is 1.41 bits per heavy atom. The molecule has 0 N–H and O–H groups in total. The largest absolute Gasteiger partial charge is 0.451 e. The van der Waals surface area contributed by atoms with Crippen molar-refractivity contribution >= 4 is 127 Å². The van der Waals surface area contributed by atoms with Gasteiger partial charge in [-0.25, -0.2) is 13.6 Å². The van der Waals surface area contributed by atoms with Gasteiger partial charge in [-0.15, -0.1) is 0 Å². The maximum absolute atomic E-state index is 15.9. The van der Waals surface area contributed by atoms with Crippen molar-refractivity contribution in [2.75, 3.05) is 9.80 Å². The number of nitriles is 1. The molecule has 0 bridgehead atoms. The zero-order chi connectivity index (χ0) is 57.1. The average molecular weight is 1110 g/mol. The van der Waals surface area contributed by atoms with Crippen LogP contribution >= 0.6 is 0 Å². The molecule has 86 heavy (non-hydrogen) atoms. The summed E-state index contributed by atoms with van der Waals surface area (Å²) in [7, 11) is 0. The van der Waals surface area contributed by atoms with Gasteiger partial charge in [0.1, 0.15) is 0 Å². The number of benzene rings is 13. The van der Waals surface area contributed by atoms with Crippen LogP contribution in [0.15, 0.2) is 258 Å². The number of hydrogen-bond donors (Lipinski definition) is 0. The zero-order valence-electron chi connectivity index (χ0n) is 45.5. The average Bonchev–Trinajstić information content (AvgIpc) is 1.49. The van der Waals surface area contributed by atoms with Gasteiger partial charge < -0.3 is 23.2 Å². The zero-order valence-corrected chi connectivity index (χ0v) is 45.5. The van der Waals surface area contributed by atoms with E-state index < -0.39 is 17.0 Å². The Morgan fingerprint density at radius 1 is 0.407 bits per heavy atom. The lowest BCUT2D eigenvalue weighted by Gasteiger charge is -2.40. The number of fused-ring (bicyclic) bond motifs is 22. The van der Waals surface area contributed by atoms with E-state index in [0.717, 1.165) is 116 Å². The van der Waals surface area contributed by atoms with Crippen LogP contribution in [0, 0.1) is 29.5 Å². The number of nitrogens with zero attached hydrogens (tertiary/aromatic N) is 5. The lowest BCUT2D eigenvalue weighted by molar-refractivity contribution is 0.584. The first-order chi connectivity index (χ1) is 42.4. The first-order valence-corrected chi connectivity index (χ1v) is 28.5. The smallest absolute Gasteiger partial charge is 0.187 e. The van der Waals surface area contributed by atoms with Crippen molar-refractivity contribution in [1.29, 1.82) is 5.26 Å². The number of hydrogen-bond acceptors (Lipinski definition) is 5. The summed E-state index contributed by atoms with van der Waals surface area (Å²) in [4.78, 5) is 8.24. The van der Waals surface area contributed by atoms with E-state index >= 15 is 8.78 Å². The van der Waals surface area contributed by atoms with E-state index in [-0.39, 0.29) is 11.2 Å². The summed E-state index contributed by atoms with van der Waals surface area (Å²) in [6.07, 6.45) is 0. The fourth-order valence-electron chi connectivity index (χ4n) is 14.7. The van der Waals surface area contributed by atoms with E-state index in [4.69, 9.17) is 15.4 Å². The molecule has 1 aliphatic carbocycles. The highest BCUT2D eigenvalue weighted by Crippen LogP contribution is 2.66. The Balaban J connectivity index is 1.03. The van der Waals surface area contributed by atoms with Crippen LogP contribution in [0.5, 0.6) is 0 Å². The van der Waals surface area contributed by atoms with E-state index in [0.29, 0.717) is 44.6 Å². The maximum atomic E-state index is 15.9. The van der Waals surface area contributed by atoms with Gasteiger partial charge in [-0.1, -0.05) is 164 Å². The van der Waals surface area contributed by atoms with Gasteiger partial charge in [-0.3, -0.25) is 0 Å². The van der Waals surface area contributed by atoms with E-state index in [1.807, 2.05) is 97.1 Å². The van der Waals surface area contributed by atoms with Crippen LogP contribution in [0.3, 0.4) is 0 Å². The molecule has 1 unspecified atom stereocenters. The van der Waals surface area contributed by atoms with Crippen molar-refractivity contribution in [3.8, 4) is 22.9 Å². The molecule has 7 nitrogen and oxygen atoms in total. The van der Waals surface area contributed by atoms with Gasteiger partial charge in [-0.2, -0.15) is 5.26 Å². The third-order valence-corrected chi connectivity index (χ3v) is 18.1. The van der Waals surface area contributed by atoms with Crippen molar-refractivity contribution < 1.29 is 17.6 Å². The van der Waals surface area contributed by atoms with Crippen LogP contribution < -0.4 is 9.80 Å². The van der Waals surface area contributed by atoms with Crippen molar-refractivity contribution in [1.82, 2.24) is 4.57 Å². The minimum Gasteiger partial charge on any atom is -0.451 e. The molecule has 400 valence electrons. The van der Waals surface area contributed by atoms with E-state index in [2.05, 4.69) is 153 Å². The van der Waals surface area contributed by atoms with Crippen molar-refractivity contribution in [2.45, 2.75) is 5.41 Å². The van der Waals surface area contributed by atoms with Gasteiger partial charge in [-0.05, 0) is 129 Å². The summed E-state index contributed by atoms with van der Waals surface area (Å²) in [6.45, 7) is 8.00. The molecule has 1 aliphatic heterocycles. The quantitative estimate of drug-likeness (QED) is 0.155. The molecule has 13 aromatic carbocycles. The topological polar surface area (TPSA) is 65.8 Å². The summed E-state index contributed by atoms with van der Waals surface area (Å²) in [5.41, 5.74) is 15.6. The van der Waals surface area contributed by atoms with Gasteiger partial charge >= 0.3 is 0 Å². The summed E-state index contributed by atoms with van der Waals surface area (Å²) >= 11 is 0. The van der Waals surface area contributed by atoms with E-state index in [9.17, 15) is 5.26 Å². The Morgan fingerprint density at radius 2 is 0.849 bits per heavy atom. The number of aromatic nitrogens is 1. The predicted octanol–water partition coefficient (Wildman–Crippen LogP) is 21.2. The minimum atomic E-state index is -1.05. The third kappa shape index (κ3) is 6.24. The van der Waals surface area contributed by atoms with Gasteiger partial charge in [0, 0.05) is 54.5 Å². The molecule has 2 aliphatic rings. The molecule has 0 radical (unpaired) electrons. The summed E-state index contributed by atoms with van der Waals surface area (Å²) in [5.74, 6) is -0.899. The van der Waals surface area contributed by atoms with Gasteiger partial charge in [0.05, 0.1) is 63.1 Å². The van der Waals surface area contributed by atoms with Crippen LogP contribution in [0.25, 0.3) is 109 Å². The standard InChI is InChI=1S/C77H41F2N5O2/c1-81-45-35-39-47(40-36-45)83(67-32-14-24-57-55-22-12-28-63(79)74(55)86-76(57)67)69-42-61-71(52-19-5-3-16-49(52)69)70-51-18-4-2-15-48(51)68(82(46-37-33-44(43-80)34-38-46)66-31-13-23-56-54-21-11-27-62(78)73(54)85-75(56)66)41-60(70)77(61)58-25-7-9-30-65(58)84-64-29-8-6-17-50(64)53-20-10-26-59(77)72(53)84/h2-42H. The highest BCUT2D eigenvalue weighted by Gasteiger charge is 2.53. The molecular weight excluding hydrogens is 1060 g/mol. The Hall–Kier alpha value is -11.8. The molecule has 3 aromatic heterocycles. The van der Waals surface area contributed by atoms with Gasteiger partial charge in [0.15, 0.2) is 39.7 Å². The molecule has 0 fully saturated rings. The van der Waals surface area contributed by atoms with E-state index in [1.54, 1.807) is 12.1 Å². The first-order valence-electron chi connectivity index (χ1n) is 28.5. The first kappa shape index (κ1) is 47.8. The number of halogens is 2. The molecule has 1 atom stereocenters. The van der Waals surface area contributed by atoms with Gasteiger partial charge in [0.25, 0.3) is 0 Å². The number of furan rings is 2. The molecule has 0 saturated carbocycles. The second-order valence-corrected chi connectivity index (χ2v) is 22.3. The van der Waals surface area contributed by atoms with Crippen LogP contribution in [-0.2, 0) is 5.41 Å². The maximum Gasteiger partial charge on any atom is 0.187 e. The van der Waals surface area contributed by atoms with Crippen LogP contribution in [0.2, 0.25) is 0 Å². The molecule has 16 aromatic rings. The predicted molar refractivity (Wildman–Crippen MR) is 341 cm³/mol. The molecule has 9 heteroatoms. The highest BCUT2D eigenvalue weighted by molar-refractivity contribution is 6.22. The second kappa shape index (κ2) is 17.6. The molecule has 1 spiro atoms. The second-order valence-electron chi connectivity index (χ2n) is 22.3. The fraction of sp³-hybridized carbons (Fsp3) is 0.0130. The molecule has 4 heterocycles. The Kier molecular flexibility index (Phi) is 9.80. The minimum absolute atomic E-state index is 0.174. The lowest BCUT2D eigenvalue weighted by Crippen LogP contribution is -2.34. The van der Waals surface area contributed by atoms with Gasteiger partial charge in [0.2, 0.25) is 0 Å². The molecule has 0 saturated heterocycles. The molecule has 18 rings (SSSR count). The summed E-state index contributed by atoms with van der Waals surface area (Å²) in [5, 5.41) is 19.3. The van der Waals surface area contributed by atoms with Crippen molar-refractivity contribution in [3.05, 3.63) is 300 Å². The van der Waals surface area contributed by atoms with Crippen LogP contribution in [-0.4, -0.2) is 4.57 Å². The van der Waals surface area contributed by atoms with Crippen molar-refractivity contribution in [3.63, 3.8) is 0 Å². The lowest BCUT2D eigenvalue weighted by atomic mass is 9.65. The highest BCUT2D eigenvalue weighted by atomic mass is 19.1. The Bertz CT molecular complexity index is 5470. The molecule has 0 amide bonds. The normalized spacial score (nSPS) is 14.0.